The van der Waals surface area contributed by atoms with Gasteiger partial charge in [0, 0.05) is 20.0 Å². The first-order chi connectivity index (χ1) is 8.56. The molecule has 0 atom stereocenters. The number of carbonyl (C=O) groups is 2. The van der Waals surface area contributed by atoms with Crippen molar-refractivity contribution < 1.29 is 14.0 Å². The molecule has 7 nitrogen and oxygen atoms in total. The molecule has 0 spiro atoms. The molecule has 0 aliphatic carbocycles. The smallest absolute Gasteiger partial charge is 0.268 e. The molecule has 0 saturated carbocycles. The molecule has 18 heavy (non-hydrogen) atoms. The van der Waals surface area contributed by atoms with Crippen LogP contribution in [0.2, 0.25) is 0 Å². The van der Waals surface area contributed by atoms with E-state index in [1.165, 1.54) is 6.26 Å². The second-order valence-corrected chi connectivity index (χ2v) is 3.94. The van der Waals surface area contributed by atoms with Crippen LogP contribution in [0.5, 0.6) is 0 Å². The second kappa shape index (κ2) is 6.77. The third-order valence-electron chi connectivity index (χ3n) is 2.47. The van der Waals surface area contributed by atoms with E-state index in [1.807, 2.05) is 17.4 Å². The van der Waals surface area contributed by atoms with Gasteiger partial charge in [-0.2, -0.15) is 0 Å². The monoisotopic (exact) mass is 254 g/mol. The minimum atomic E-state index is -0.391. The Morgan fingerprint density at radius 1 is 1.50 bits per heavy atom. The average molecular weight is 254 g/mol. The van der Waals surface area contributed by atoms with Crippen LogP contribution in [0.1, 0.15) is 22.5 Å². The third-order valence-corrected chi connectivity index (χ3v) is 2.47. The fourth-order valence-corrected chi connectivity index (χ4v) is 1.43. The predicted octanol–water partition coefficient (Wildman–Crippen LogP) is -0.549. The van der Waals surface area contributed by atoms with Crippen molar-refractivity contribution in [2.75, 3.05) is 20.6 Å². The summed E-state index contributed by atoms with van der Waals surface area (Å²) in [5.74, 6) is 5.26. The molecule has 0 aliphatic heterocycles. The van der Waals surface area contributed by atoms with Gasteiger partial charge in [-0.25, -0.2) is 5.84 Å². The molecule has 1 aromatic heterocycles. The quantitative estimate of drug-likeness (QED) is 0.359. The van der Waals surface area contributed by atoms with Crippen molar-refractivity contribution in [1.29, 1.82) is 0 Å². The highest BCUT2D eigenvalue weighted by Crippen LogP contribution is 2.09. The first-order valence-corrected chi connectivity index (χ1v) is 5.54. The summed E-state index contributed by atoms with van der Waals surface area (Å²) in [7, 11) is 3.47. The Balaban J connectivity index is 2.44. The molecular formula is C11H18N4O3. The van der Waals surface area contributed by atoms with Crippen LogP contribution in [-0.2, 0) is 11.3 Å². The van der Waals surface area contributed by atoms with E-state index in [0.29, 0.717) is 30.8 Å². The fraction of sp³-hybridized carbons (Fsp3) is 0.455. The summed E-state index contributed by atoms with van der Waals surface area (Å²) >= 11 is 0. The van der Waals surface area contributed by atoms with E-state index in [2.05, 4.69) is 5.32 Å². The van der Waals surface area contributed by atoms with Crippen molar-refractivity contribution in [1.82, 2.24) is 15.6 Å². The zero-order valence-electron chi connectivity index (χ0n) is 10.5. The summed E-state index contributed by atoms with van der Waals surface area (Å²) in [6.07, 6.45) is 1.77. The normalized spacial score (nSPS) is 10.4. The number of hydrogen-bond acceptors (Lipinski definition) is 5. The molecule has 100 valence electrons. The van der Waals surface area contributed by atoms with E-state index in [9.17, 15) is 9.59 Å². The van der Waals surface area contributed by atoms with Crippen LogP contribution in [0.4, 0.5) is 0 Å². The van der Waals surface area contributed by atoms with Crippen LogP contribution in [0.25, 0.3) is 0 Å². The Bertz CT molecular complexity index is 416. The number of carbonyl (C=O) groups excluding carboxylic acids is 2. The number of nitrogens with zero attached hydrogens (tertiary/aromatic N) is 1. The SMILES string of the molecule is CNC(=O)CCN(C)Cc1cc(C(=O)NN)co1. The topological polar surface area (TPSA) is 101 Å². The lowest BCUT2D eigenvalue weighted by Crippen LogP contribution is -2.29. The Hall–Kier alpha value is -1.86. The first kappa shape index (κ1) is 14.2. The molecule has 1 rings (SSSR count). The molecule has 0 radical (unpaired) electrons. The zero-order valence-corrected chi connectivity index (χ0v) is 10.5. The van der Waals surface area contributed by atoms with Gasteiger partial charge in [0.1, 0.15) is 12.0 Å². The molecule has 7 heteroatoms. The number of nitrogen functional groups attached to an aromatic ring is 1. The summed E-state index contributed by atoms with van der Waals surface area (Å²) in [6.45, 7) is 1.13. The standard InChI is InChI=1S/C11H18N4O3/c1-13-10(16)3-4-15(2)6-9-5-8(7-18-9)11(17)14-12/h5,7H,3-4,6,12H2,1-2H3,(H,13,16)(H,14,17). The molecule has 1 heterocycles. The molecule has 0 saturated heterocycles. The Kier molecular flexibility index (Phi) is 5.34. The van der Waals surface area contributed by atoms with E-state index in [0.717, 1.165) is 0 Å². The maximum Gasteiger partial charge on any atom is 0.268 e. The molecule has 0 bridgehead atoms. The number of rotatable bonds is 6. The van der Waals surface area contributed by atoms with Crippen LogP contribution < -0.4 is 16.6 Å². The highest BCUT2D eigenvalue weighted by molar-refractivity contribution is 5.93. The zero-order chi connectivity index (χ0) is 13.5. The fourth-order valence-electron chi connectivity index (χ4n) is 1.43. The van der Waals surface area contributed by atoms with Crippen LogP contribution in [0.3, 0.4) is 0 Å². The predicted molar refractivity (Wildman–Crippen MR) is 65.4 cm³/mol. The highest BCUT2D eigenvalue weighted by atomic mass is 16.3. The molecular weight excluding hydrogens is 236 g/mol. The average Bonchev–Trinajstić information content (AvgIpc) is 2.83. The minimum Gasteiger partial charge on any atom is -0.467 e. The summed E-state index contributed by atoms with van der Waals surface area (Å²) in [6, 6.07) is 1.62. The summed E-state index contributed by atoms with van der Waals surface area (Å²) < 4.78 is 5.23. The van der Waals surface area contributed by atoms with Crippen molar-refractivity contribution in [3.8, 4) is 0 Å². The molecule has 0 unspecified atom stereocenters. The molecule has 0 aromatic carbocycles. The lowest BCUT2D eigenvalue weighted by molar-refractivity contribution is -0.120. The first-order valence-electron chi connectivity index (χ1n) is 5.54. The second-order valence-electron chi connectivity index (χ2n) is 3.94. The van der Waals surface area contributed by atoms with Crippen molar-refractivity contribution in [2.45, 2.75) is 13.0 Å². The largest absolute Gasteiger partial charge is 0.467 e. The maximum absolute atomic E-state index is 11.2. The van der Waals surface area contributed by atoms with Gasteiger partial charge < -0.3 is 9.73 Å². The molecule has 4 N–H and O–H groups in total. The summed E-state index contributed by atoms with van der Waals surface area (Å²) in [4.78, 5) is 24.2. The van der Waals surface area contributed by atoms with Gasteiger partial charge in [-0.1, -0.05) is 0 Å². The van der Waals surface area contributed by atoms with Gasteiger partial charge in [-0.3, -0.25) is 19.9 Å². The van der Waals surface area contributed by atoms with E-state index >= 15 is 0 Å². The maximum atomic E-state index is 11.2. The Morgan fingerprint density at radius 3 is 2.83 bits per heavy atom. The van der Waals surface area contributed by atoms with E-state index in [4.69, 9.17) is 10.3 Å². The number of furan rings is 1. The number of hydrazine groups is 1. The third kappa shape index (κ3) is 4.19. The van der Waals surface area contributed by atoms with E-state index in [1.54, 1.807) is 13.1 Å². The van der Waals surface area contributed by atoms with Crippen LogP contribution in [0.15, 0.2) is 16.7 Å². The van der Waals surface area contributed by atoms with Gasteiger partial charge in [0.25, 0.3) is 5.91 Å². The van der Waals surface area contributed by atoms with Crippen molar-refractivity contribution in [3.05, 3.63) is 23.7 Å². The van der Waals surface area contributed by atoms with E-state index in [-0.39, 0.29) is 5.91 Å². The van der Waals surface area contributed by atoms with E-state index < -0.39 is 5.91 Å². The van der Waals surface area contributed by atoms with Gasteiger partial charge in [0.2, 0.25) is 5.91 Å². The number of nitrogens with two attached hydrogens (primary N) is 1. The van der Waals surface area contributed by atoms with Crippen LogP contribution in [-0.4, -0.2) is 37.4 Å². The number of hydrogen-bond donors (Lipinski definition) is 3. The summed E-state index contributed by atoms with van der Waals surface area (Å²) in [5, 5.41) is 2.55. The van der Waals surface area contributed by atoms with Gasteiger partial charge in [-0.15, -0.1) is 0 Å². The molecule has 2 amide bonds. The molecule has 0 aliphatic rings. The van der Waals surface area contributed by atoms with Gasteiger partial charge >= 0.3 is 0 Å². The lowest BCUT2D eigenvalue weighted by atomic mass is 10.3. The number of nitrogens with one attached hydrogen (secondary N) is 2. The van der Waals surface area contributed by atoms with Gasteiger partial charge in [0.15, 0.2) is 0 Å². The van der Waals surface area contributed by atoms with Gasteiger partial charge in [-0.05, 0) is 13.1 Å². The minimum absolute atomic E-state index is 0.00973. The number of amides is 2. The van der Waals surface area contributed by atoms with Gasteiger partial charge in [0.05, 0.1) is 12.1 Å². The summed E-state index contributed by atoms with van der Waals surface area (Å²) in [5.41, 5.74) is 2.41. The van der Waals surface area contributed by atoms with Crippen LogP contribution >= 0.6 is 0 Å². The molecule has 0 fully saturated rings. The molecule has 1 aromatic rings. The lowest BCUT2D eigenvalue weighted by Gasteiger charge is -2.13. The Labute approximate surface area is 105 Å². The van der Waals surface area contributed by atoms with Crippen molar-refractivity contribution in [2.24, 2.45) is 5.84 Å². The van der Waals surface area contributed by atoms with Crippen molar-refractivity contribution in [3.63, 3.8) is 0 Å². The van der Waals surface area contributed by atoms with Crippen LogP contribution in [0, 0.1) is 0 Å². The Morgan fingerprint density at radius 2 is 2.22 bits per heavy atom. The highest BCUT2D eigenvalue weighted by Gasteiger charge is 2.10. The van der Waals surface area contributed by atoms with Crippen molar-refractivity contribution >= 4 is 11.8 Å².